The monoisotopic (exact) mass is 311 g/mol. The summed E-state index contributed by atoms with van der Waals surface area (Å²) in [6.45, 7) is 7.60. The van der Waals surface area contributed by atoms with E-state index < -0.39 is 29.0 Å². The molecule has 124 valence electrons. The first kappa shape index (κ1) is 18.3. The number of carbonyl (C=O) groups is 3. The molecule has 1 rings (SSSR count). The first-order valence-corrected chi connectivity index (χ1v) is 7.63. The highest BCUT2D eigenvalue weighted by Gasteiger charge is 2.52. The van der Waals surface area contributed by atoms with Gasteiger partial charge in [0.25, 0.3) is 0 Å². The molecule has 0 aromatic carbocycles. The summed E-state index contributed by atoms with van der Waals surface area (Å²) in [6, 6.07) is 0. The summed E-state index contributed by atoms with van der Waals surface area (Å²) in [4.78, 5) is 42.2. The highest BCUT2D eigenvalue weighted by atomic mass is 16.6. The lowest BCUT2D eigenvalue weighted by Gasteiger charge is -2.39. The van der Waals surface area contributed by atoms with Gasteiger partial charge in [-0.2, -0.15) is 0 Å². The van der Waals surface area contributed by atoms with Gasteiger partial charge in [-0.3, -0.25) is 14.4 Å². The van der Waals surface area contributed by atoms with Crippen LogP contribution in [0, 0.1) is 17.3 Å². The van der Waals surface area contributed by atoms with Gasteiger partial charge in [0.15, 0.2) is 5.78 Å². The lowest BCUT2D eigenvalue weighted by molar-refractivity contribution is -0.156. The number of Topliss-reactive ketones (excluding diaryl/α,β-unsaturated/α-hetero) is 2. The van der Waals surface area contributed by atoms with Crippen LogP contribution in [0.15, 0.2) is 5.16 Å². The van der Waals surface area contributed by atoms with Gasteiger partial charge in [0.1, 0.15) is 24.2 Å². The van der Waals surface area contributed by atoms with Crippen LogP contribution < -0.4 is 0 Å². The summed E-state index contributed by atoms with van der Waals surface area (Å²) in [5.41, 5.74) is -0.251. The molecular weight excluding hydrogens is 286 g/mol. The van der Waals surface area contributed by atoms with Crippen LogP contribution in [-0.4, -0.2) is 37.0 Å². The van der Waals surface area contributed by atoms with E-state index in [2.05, 4.69) is 5.16 Å². The number of ether oxygens (including phenoxy) is 1. The fourth-order valence-electron chi connectivity index (χ4n) is 2.91. The van der Waals surface area contributed by atoms with Crippen molar-refractivity contribution in [1.29, 1.82) is 0 Å². The molecule has 0 amide bonds. The van der Waals surface area contributed by atoms with Crippen molar-refractivity contribution in [2.24, 2.45) is 22.4 Å². The van der Waals surface area contributed by atoms with Crippen molar-refractivity contribution in [1.82, 2.24) is 0 Å². The third-order valence-electron chi connectivity index (χ3n) is 3.89. The average molecular weight is 311 g/mol. The minimum atomic E-state index is -0.997. The molecule has 1 aliphatic rings. The Morgan fingerprint density at radius 3 is 2.45 bits per heavy atom. The molecule has 2 atom stereocenters. The van der Waals surface area contributed by atoms with Crippen LogP contribution in [0.4, 0.5) is 0 Å². The number of hydrogen-bond acceptors (Lipinski definition) is 6. The van der Waals surface area contributed by atoms with Gasteiger partial charge in [0.05, 0.1) is 12.8 Å². The highest BCUT2D eigenvalue weighted by molar-refractivity contribution is 6.26. The number of rotatable bonds is 6. The van der Waals surface area contributed by atoms with E-state index in [1.54, 1.807) is 20.8 Å². The summed E-state index contributed by atoms with van der Waals surface area (Å²) in [7, 11) is 1.25. The Morgan fingerprint density at radius 1 is 1.32 bits per heavy atom. The van der Waals surface area contributed by atoms with Gasteiger partial charge in [-0.05, 0) is 25.2 Å². The summed E-state index contributed by atoms with van der Waals surface area (Å²) >= 11 is 0. The minimum Gasteiger partial charge on any atom is -0.468 e. The normalized spacial score (nSPS) is 25.9. The molecule has 1 aliphatic carbocycles. The first-order chi connectivity index (χ1) is 10.3. The maximum absolute atomic E-state index is 12.8. The fraction of sp³-hybridized carbons (Fsp3) is 0.750. The molecular formula is C16H25NO5. The summed E-state index contributed by atoms with van der Waals surface area (Å²) in [5, 5.41) is 3.97. The van der Waals surface area contributed by atoms with E-state index >= 15 is 0 Å². The van der Waals surface area contributed by atoms with Gasteiger partial charge in [0, 0.05) is 6.42 Å². The standard InChI is InChI=1S/C16H25NO5/c1-6-8-11(18)12-10(17-22-7-2)9-16(3,4)13(14(12)19)15(20)21-5/h12-13H,6-9H2,1-5H3/b17-10-/t12-,13+/m1/s1. The van der Waals surface area contributed by atoms with Crippen LogP contribution in [-0.2, 0) is 24.0 Å². The van der Waals surface area contributed by atoms with Gasteiger partial charge < -0.3 is 9.57 Å². The Kier molecular flexibility index (Phi) is 6.26. The number of carbonyl (C=O) groups excluding carboxylic acids is 3. The third kappa shape index (κ3) is 3.72. The number of esters is 1. The zero-order valence-corrected chi connectivity index (χ0v) is 14.0. The molecule has 0 radical (unpaired) electrons. The number of nitrogens with zero attached hydrogens (tertiary/aromatic N) is 1. The number of methoxy groups -OCH3 is 1. The quantitative estimate of drug-likeness (QED) is 0.426. The Bertz CT molecular complexity index is 481. The van der Waals surface area contributed by atoms with E-state index in [4.69, 9.17) is 9.57 Å². The van der Waals surface area contributed by atoms with Gasteiger partial charge in [-0.25, -0.2) is 0 Å². The molecule has 0 aromatic heterocycles. The van der Waals surface area contributed by atoms with E-state index in [1.165, 1.54) is 7.11 Å². The maximum atomic E-state index is 12.8. The fourth-order valence-corrected chi connectivity index (χ4v) is 2.91. The van der Waals surface area contributed by atoms with Crippen molar-refractivity contribution in [3.63, 3.8) is 0 Å². The lowest BCUT2D eigenvalue weighted by atomic mass is 9.62. The smallest absolute Gasteiger partial charge is 0.316 e. The molecule has 1 fully saturated rings. The largest absolute Gasteiger partial charge is 0.468 e. The second-order valence-electron chi connectivity index (χ2n) is 6.17. The summed E-state index contributed by atoms with van der Waals surface area (Å²) in [6.07, 6.45) is 1.26. The van der Waals surface area contributed by atoms with Crippen LogP contribution in [0.3, 0.4) is 0 Å². The van der Waals surface area contributed by atoms with Gasteiger partial charge in [-0.1, -0.05) is 25.9 Å². The number of oxime groups is 1. The molecule has 0 spiro atoms. The molecule has 0 aliphatic heterocycles. The molecule has 0 N–H and O–H groups in total. The topological polar surface area (TPSA) is 82.0 Å². The van der Waals surface area contributed by atoms with E-state index in [1.807, 2.05) is 6.92 Å². The maximum Gasteiger partial charge on any atom is 0.316 e. The molecule has 6 heteroatoms. The molecule has 0 bridgehead atoms. The lowest BCUT2D eigenvalue weighted by Crippen LogP contribution is -2.52. The van der Waals surface area contributed by atoms with Gasteiger partial charge in [0.2, 0.25) is 0 Å². The van der Waals surface area contributed by atoms with E-state index in [0.717, 1.165) is 0 Å². The Balaban J connectivity index is 3.25. The predicted octanol–water partition coefficient (Wildman–Crippen LogP) is 2.15. The van der Waals surface area contributed by atoms with Crippen LogP contribution in [0.25, 0.3) is 0 Å². The van der Waals surface area contributed by atoms with Crippen LogP contribution in [0.5, 0.6) is 0 Å². The second-order valence-corrected chi connectivity index (χ2v) is 6.17. The Hall–Kier alpha value is -1.72. The van der Waals surface area contributed by atoms with Crippen LogP contribution in [0.2, 0.25) is 0 Å². The molecule has 0 aromatic rings. The average Bonchev–Trinajstić information content (AvgIpc) is 2.43. The highest BCUT2D eigenvalue weighted by Crippen LogP contribution is 2.41. The third-order valence-corrected chi connectivity index (χ3v) is 3.89. The number of ketones is 2. The molecule has 0 saturated heterocycles. The summed E-state index contributed by atoms with van der Waals surface area (Å²) < 4.78 is 4.76. The van der Waals surface area contributed by atoms with Crippen molar-refractivity contribution in [3.05, 3.63) is 0 Å². The first-order valence-electron chi connectivity index (χ1n) is 7.63. The van der Waals surface area contributed by atoms with E-state index in [-0.39, 0.29) is 12.2 Å². The van der Waals surface area contributed by atoms with Crippen LogP contribution in [0.1, 0.15) is 47.0 Å². The van der Waals surface area contributed by atoms with Crippen molar-refractivity contribution in [3.8, 4) is 0 Å². The SMILES string of the molecule is CCCC(=O)[C@@H]1C(=O)[C@@H](C(=O)OC)C(C)(C)C/C1=N/OCC. The predicted molar refractivity (Wildman–Crippen MR) is 81.4 cm³/mol. The zero-order valence-electron chi connectivity index (χ0n) is 14.0. The Labute approximate surface area is 131 Å². The van der Waals surface area contributed by atoms with E-state index in [0.29, 0.717) is 25.2 Å². The summed E-state index contributed by atoms with van der Waals surface area (Å²) in [5.74, 6) is -3.19. The van der Waals surface area contributed by atoms with Crippen molar-refractivity contribution in [2.45, 2.75) is 47.0 Å². The van der Waals surface area contributed by atoms with Crippen LogP contribution >= 0.6 is 0 Å². The molecule has 1 saturated carbocycles. The molecule has 0 unspecified atom stereocenters. The number of hydrogen-bond donors (Lipinski definition) is 0. The zero-order chi connectivity index (χ0) is 16.9. The Morgan fingerprint density at radius 2 is 1.95 bits per heavy atom. The van der Waals surface area contributed by atoms with Crippen molar-refractivity contribution < 1.29 is 24.0 Å². The van der Waals surface area contributed by atoms with Crippen molar-refractivity contribution in [2.75, 3.05) is 13.7 Å². The van der Waals surface area contributed by atoms with E-state index in [9.17, 15) is 14.4 Å². The van der Waals surface area contributed by atoms with Gasteiger partial charge in [-0.15, -0.1) is 0 Å². The van der Waals surface area contributed by atoms with Crippen molar-refractivity contribution >= 4 is 23.2 Å². The van der Waals surface area contributed by atoms with Gasteiger partial charge >= 0.3 is 5.97 Å². The molecule has 22 heavy (non-hydrogen) atoms. The molecule has 6 nitrogen and oxygen atoms in total. The second kappa shape index (κ2) is 7.51. The minimum absolute atomic E-state index is 0.213. The molecule has 0 heterocycles.